The van der Waals surface area contributed by atoms with Crippen LogP contribution in [0.2, 0.25) is 0 Å². The smallest absolute Gasteiger partial charge is 0.0978 e. The van der Waals surface area contributed by atoms with Crippen LogP contribution in [0.3, 0.4) is 0 Å². The summed E-state index contributed by atoms with van der Waals surface area (Å²) in [7, 11) is 0. The van der Waals surface area contributed by atoms with Gasteiger partial charge in [-0.15, -0.1) is 6.58 Å². The first-order valence-electron chi connectivity index (χ1n) is 8.53. The Labute approximate surface area is 137 Å². The number of hydrogen-bond donors (Lipinski definition) is 1. The topological polar surface area (TPSA) is 36.4 Å². The highest BCUT2D eigenvalue weighted by Crippen LogP contribution is 2.48. The molecule has 5 rings (SSSR count). The van der Waals surface area contributed by atoms with E-state index in [0.29, 0.717) is 11.8 Å². The number of piperidine rings is 3. The van der Waals surface area contributed by atoms with Gasteiger partial charge in [0.15, 0.2) is 0 Å². The van der Waals surface area contributed by atoms with Gasteiger partial charge in [0.1, 0.15) is 0 Å². The SMILES string of the molecule is C=C[C@H]1CN2CCC1CC2(C)[C@@H](O)c1ccnc2ccccc12. The van der Waals surface area contributed by atoms with Crippen LogP contribution in [0.1, 0.15) is 31.4 Å². The molecule has 0 radical (unpaired) electrons. The zero-order valence-corrected chi connectivity index (χ0v) is 13.7. The molecule has 0 aliphatic carbocycles. The first-order chi connectivity index (χ1) is 11.1. The molecule has 3 saturated heterocycles. The second-order valence-corrected chi connectivity index (χ2v) is 7.28. The third-order valence-corrected chi connectivity index (χ3v) is 6.07. The summed E-state index contributed by atoms with van der Waals surface area (Å²) in [6.45, 7) is 8.31. The zero-order valence-electron chi connectivity index (χ0n) is 13.7. The molecule has 2 bridgehead atoms. The van der Waals surface area contributed by atoms with Crippen LogP contribution in [-0.2, 0) is 0 Å². The Morgan fingerprint density at radius 3 is 2.96 bits per heavy atom. The lowest BCUT2D eigenvalue weighted by Gasteiger charge is -2.57. The first kappa shape index (κ1) is 14.9. The van der Waals surface area contributed by atoms with E-state index in [1.807, 2.05) is 30.5 Å². The number of aliphatic hydroxyl groups is 1. The minimum Gasteiger partial charge on any atom is -0.386 e. The van der Waals surface area contributed by atoms with E-state index in [9.17, 15) is 5.11 Å². The van der Waals surface area contributed by atoms with Gasteiger partial charge in [-0.1, -0.05) is 24.3 Å². The van der Waals surface area contributed by atoms with Crippen molar-refractivity contribution in [3.8, 4) is 0 Å². The predicted molar refractivity (Wildman–Crippen MR) is 93.1 cm³/mol. The summed E-state index contributed by atoms with van der Waals surface area (Å²) in [6, 6.07) is 10.1. The van der Waals surface area contributed by atoms with Crippen molar-refractivity contribution in [2.45, 2.75) is 31.4 Å². The Hall–Kier alpha value is -1.71. The van der Waals surface area contributed by atoms with Gasteiger partial charge in [0, 0.05) is 23.7 Å². The van der Waals surface area contributed by atoms with Crippen molar-refractivity contribution in [2.24, 2.45) is 11.8 Å². The number of aliphatic hydroxyl groups excluding tert-OH is 1. The molecule has 3 heteroatoms. The van der Waals surface area contributed by atoms with E-state index in [1.54, 1.807) is 0 Å². The lowest BCUT2D eigenvalue weighted by molar-refractivity contribution is -0.107. The van der Waals surface area contributed by atoms with Gasteiger partial charge in [-0.05, 0) is 55.8 Å². The second kappa shape index (κ2) is 5.43. The van der Waals surface area contributed by atoms with E-state index < -0.39 is 6.10 Å². The van der Waals surface area contributed by atoms with Gasteiger partial charge in [0.05, 0.1) is 11.6 Å². The van der Waals surface area contributed by atoms with Crippen molar-refractivity contribution in [1.29, 1.82) is 0 Å². The van der Waals surface area contributed by atoms with Crippen LogP contribution in [0.4, 0.5) is 0 Å². The molecule has 5 atom stereocenters. The Morgan fingerprint density at radius 2 is 2.22 bits per heavy atom. The average molecular weight is 308 g/mol. The number of hydrogen-bond acceptors (Lipinski definition) is 3. The quantitative estimate of drug-likeness (QED) is 0.881. The second-order valence-electron chi connectivity index (χ2n) is 7.28. The summed E-state index contributed by atoms with van der Waals surface area (Å²) >= 11 is 0. The van der Waals surface area contributed by atoms with E-state index in [0.717, 1.165) is 36.0 Å². The molecule has 3 fully saturated rings. The predicted octanol–water partition coefficient (Wildman–Crippen LogP) is 3.55. The Balaban J connectivity index is 1.74. The van der Waals surface area contributed by atoms with Crippen molar-refractivity contribution in [1.82, 2.24) is 9.88 Å². The van der Waals surface area contributed by atoms with Gasteiger partial charge in [0.2, 0.25) is 0 Å². The van der Waals surface area contributed by atoms with Crippen LogP contribution in [0.25, 0.3) is 10.9 Å². The third-order valence-electron chi connectivity index (χ3n) is 6.07. The maximum atomic E-state index is 11.3. The van der Waals surface area contributed by atoms with E-state index in [1.165, 1.54) is 6.42 Å². The van der Waals surface area contributed by atoms with Gasteiger partial charge in [-0.25, -0.2) is 0 Å². The van der Waals surface area contributed by atoms with Crippen LogP contribution in [0, 0.1) is 11.8 Å². The molecule has 2 aromatic rings. The van der Waals surface area contributed by atoms with E-state index in [-0.39, 0.29) is 5.54 Å². The van der Waals surface area contributed by atoms with E-state index in [4.69, 9.17) is 0 Å². The number of rotatable bonds is 3. The molecule has 3 nitrogen and oxygen atoms in total. The minimum atomic E-state index is -0.496. The average Bonchev–Trinajstić information content (AvgIpc) is 2.61. The number of benzene rings is 1. The van der Waals surface area contributed by atoms with Crippen LogP contribution >= 0.6 is 0 Å². The molecule has 23 heavy (non-hydrogen) atoms. The summed E-state index contributed by atoms with van der Waals surface area (Å²) in [5, 5.41) is 12.4. The number of para-hydroxylation sites is 1. The van der Waals surface area contributed by atoms with Gasteiger partial charge in [-0.3, -0.25) is 9.88 Å². The first-order valence-corrected chi connectivity index (χ1v) is 8.53. The molecule has 3 unspecified atom stereocenters. The summed E-state index contributed by atoms with van der Waals surface area (Å²) in [4.78, 5) is 6.90. The van der Waals surface area contributed by atoms with Crippen LogP contribution in [0.15, 0.2) is 49.2 Å². The largest absolute Gasteiger partial charge is 0.386 e. The van der Waals surface area contributed by atoms with Crippen LogP contribution in [0.5, 0.6) is 0 Å². The van der Waals surface area contributed by atoms with Gasteiger partial charge in [0.25, 0.3) is 0 Å². The number of nitrogens with zero attached hydrogens (tertiary/aromatic N) is 2. The highest BCUT2D eigenvalue weighted by molar-refractivity contribution is 5.82. The fraction of sp³-hybridized carbons (Fsp3) is 0.450. The summed E-state index contributed by atoms with van der Waals surface area (Å²) in [5.74, 6) is 1.21. The fourth-order valence-corrected chi connectivity index (χ4v) is 4.65. The van der Waals surface area contributed by atoms with Crippen LogP contribution in [-0.4, -0.2) is 33.6 Å². The van der Waals surface area contributed by atoms with E-state index in [2.05, 4.69) is 35.5 Å². The molecule has 120 valence electrons. The Bertz CT molecular complexity index is 738. The molecule has 1 aromatic carbocycles. The molecular formula is C20H24N2O. The molecular weight excluding hydrogens is 284 g/mol. The summed E-state index contributed by atoms with van der Waals surface area (Å²) < 4.78 is 0. The third kappa shape index (κ3) is 2.22. The van der Waals surface area contributed by atoms with Crippen molar-refractivity contribution in [2.75, 3.05) is 13.1 Å². The lowest BCUT2D eigenvalue weighted by Crippen LogP contribution is -2.62. The highest BCUT2D eigenvalue weighted by atomic mass is 16.3. The fourth-order valence-electron chi connectivity index (χ4n) is 4.65. The molecule has 0 amide bonds. The van der Waals surface area contributed by atoms with Crippen molar-refractivity contribution < 1.29 is 5.11 Å². The summed E-state index contributed by atoms with van der Waals surface area (Å²) in [6.07, 6.45) is 5.67. The van der Waals surface area contributed by atoms with Gasteiger partial charge >= 0.3 is 0 Å². The maximum absolute atomic E-state index is 11.3. The lowest BCUT2D eigenvalue weighted by atomic mass is 9.67. The molecule has 3 aliphatic heterocycles. The molecule has 3 aliphatic rings. The Morgan fingerprint density at radius 1 is 1.39 bits per heavy atom. The standard InChI is InChI=1S/C20H24N2O/c1-3-14-13-22-11-9-15(14)12-20(22,2)19(23)17-8-10-21-18-7-5-4-6-16(17)18/h3-8,10,14-15,19,23H,1,9,11-13H2,2H3/t14-,15?,19-,20?/m0/s1. The number of fused-ring (bicyclic) bond motifs is 4. The maximum Gasteiger partial charge on any atom is 0.0978 e. The van der Waals surface area contributed by atoms with Gasteiger partial charge in [-0.2, -0.15) is 0 Å². The summed E-state index contributed by atoms with van der Waals surface area (Å²) in [5.41, 5.74) is 1.75. The minimum absolute atomic E-state index is 0.202. The molecule has 0 spiro atoms. The molecule has 1 aromatic heterocycles. The van der Waals surface area contributed by atoms with E-state index >= 15 is 0 Å². The molecule has 4 heterocycles. The Kier molecular flexibility index (Phi) is 3.51. The number of aromatic nitrogens is 1. The zero-order chi connectivity index (χ0) is 16.0. The van der Waals surface area contributed by atoms with Crippen molar-refractivity contribution in [3.63, 3.8) is 0 Å². The molecule has 0 saturated carbocycles. The van der Waals surface area contributed by atoms with Gasteiger partial charge < -0.3 is 5.11 Å². The van der Waals surface area contributed by atoms with Crippen LogP contribution < -0.4 is 0 Å². The van der Waals surface area contributed by atoms with Crippen molar-refractivity contribution >= 4 is 10.9 Å². The monoisotopic (exact) mass is 308 g/mol. The number of pyridine rings is 1. The normalized spacial score (nSPS) is 34.4. The van der Waals surface area contributed by atoms with Crippen molar-refractivity contribution in [3.05, 3.63) is 54.7 Å². The molecule has 1 N–H and O–H groups in total. The highest BCUT2D eigenvalue weighted by Gasteiger charge is 2.50.